The van der Waals surface area contributed by atoms with Crippen LogP contribution in [0.1, 0.15) is 18.1 Å². The maximum Gasteiger partial charge on any atom is 0.0936 e. The monoisotopic (exact) mass is 249 g/mol. The summed E-state index contributed by atoms with van der Waals surface area (Å²) in [6.07, 6.45) is 0.669. The van der Waals surface area contributed by atoms with Crippen molar-refractivity contribution in [2.45, 2.75) is 12.5 Å². The Hall–Kier alpha value is -1.10. The highest BCUT2D eigenvalue weighted by molar-refractivity contribution is 5.47. The highest BCUT2D eigenvalue weighted by Crippen LogP contribution is 2.21. The summed E-state index contributed by atoms with van der Waals surface area (Å²) in [6.45, 7) is 4.94. The van der Waals surface area contributed by atoms with E-state index in [9.17, 15) is 5.11 Å². The number of para-hydroxylation sites is 1. The molecule has 1 heterocycles. The molecule has 100 valence electrons. The predicted molar refractivity (Wildman–Crippen MR) is 74.4 cm³/mol. The molecule has 0 amide bonds. The minimum atomic E-state index is -0.491. The van der Waals surface area contributed by atoms with Crippen molar-refractivity contribution >= 4 is 5.69 Å². The number of aliphatic hydroxyl groups is 1. The van der Waals surface area contributed by atoms with Gasteiger partial charge in [-0.25, -0.2) is 0 Å². The van der Waals surface area contributed by atoms with Gasteiger partial charge in [0.05, 0.1) is 6.10 Å². The van der Waals surface area contributed by atoms with Crippen molar-refractivity contribution in [2.24, 2.45) is 0 Å². The maximum absolute atomic E-state index is 10.3. The lowest BCUT2D eigenvalue weighted by Gasteiger charge is -2.24. The van der Waals surface area contributed by atoms with Crippen molar-refractivity contribution in [1.29, 1.82) is 0 Å². The van der Waals surface area contributed by atoms with E-state index in [0.717, 1.165) is 38.2 Å². The Morgan fingerprint density at radius 3 is 2.78 bits per heavy atom. The lowest BCUT2D eigenvalue weighted by molar-refractivity contribution is 0.116. The zero-order chi connectivity index (χ0) is 13.0. The fourth-order valence-corrected chi connectivity index (χ4v) is 2.44. The topological polar surface area (TPSA) is 52.7 Å². The quantitative estimate of drug-likeness (QED) is 0.783. The number of nitrogens with zero attached hydrogens (tertiary/aromatic N) is 2. The van der Waals surface area contributed by atoms with E-state index in [-0.39, 0.29) is 0 Å². The SMILES string of the molecule is CN1CCCN(CC(O)c2ccccc2N)CC1. The second-order valence-corrected chi connectivity index (χ2v) is 5.10. The lowest BCUT2D eigenvalue weighted by Crippen LogP contribution is -2.32. The van der Waals surface area contributed by atoms with E-state index in [1.807, 2.05) is 24.3 Å². The number of hydrogen-bond donors (Lipinski definition) is 2. The van der Waals surface area contributed by atoms with Crippen LogP contribution in [0.15, 0.2) is 24.3 Å². The number of likely N-dealkylation sites (N-methyl/N-ethyl adjacent to an activating group) is 1. The number of anilines is 1. The average molecular weight is 249 g/mol. The van der Waals surface area contributed by atoms with Gasteiger partial charge < -0.3 is 15.7 Å². The first-order valence-corrected chi connectivity index (χ1v) is 6.60. The lowest BCUT2D eigenvalue weighted by atomic mass is 10.1. The Morgan fingerprint density at radius 1 is 1.22 bits per heavy atom. The van der Waals surface area contributed by atoms with Crippen LogP contribution < -0.4 is 5.73 Å². The molecule has 0 bridgehead atoms. The summed E-state index contributed by atoms with van der Waals surface area (Å²) in [5.74, 6) is 0. The average Bonchev–Trinajstić information content (AvgIpc) is 2.55. The Balaban J connectivity index is 1.94. The zero-order valence-corrected chi connectivity index (χ0v) is 11.0. The first kappa shape index (κ1) is 13.3. The molecule has 4 nitrogen and oxygen atoms in total. The molecule has 1 atom stereocenters. The Morgan fingerprint density at radius 2 is 2.00 bits per heavy atom. The minimum Gasteiger partial charge on any atom is -0.398 e. The van der Waals surface area contributed by atoms with Crippen LogP contribution in [0.3, 0.4) is 0 Å². The van der Waals surface area contributed by atoms with Crippen molar-refractivity contribution in [3.8, 4) is 0 Å². The smallest absolute Gasteiger partial charge is 0.0936 e. The number of nitrogen functional groups attached to an aromatic ring is 1. The summed E-state index contributed by atoms with van der Waals surface area (Å²) >= 11 is 0. The summed E-state index contributed by atoms with van der Waals surface area (Å²) in [4.78, 5) is 4.66. The fraction of sp³-hybridized carbons (Fsp3) is 0.571. The standard InChI is InChI=1S/C14H23N3O/c1-16-7-4-8-17(10-9-16)11-14(18)12-5-2-3-6-13(12)15/h2-3,5-6,14,18H,4,7-11,15H2,1H3. The van der Waals surface area contributed by atoms with Crippen LogP contribution in [0.2, 0.25) is 0 Å². The van der Waals surface area contributed by atoms with Crippen molar-refractivity contribution in [3.63, 3.8) is 0 Å². The first-order chi connectivity index (χ1) is 8.66. The summed E-state index contributed by atoms with van der Waals surface area (Å²) in [6, 6.07) is 7.57. The van der Waals surface area contributed by atoms with Crippen LogP contribution in [0.25, 0.3) is 0 Å². The summed E-state index contributed by atoms with van der Waals surface area (Å²) in [7, 11) is 2.15. The van der Waals surface area contributed by atoms with E-state index >= 15 is 0 Å². The van der Waals surface area contributed by atoms with Gasteiger partial charge in [-0.1, -0.05) is 18.2 Å². The van der Waals surface area contributed by atoms with Gasteiger partial charge in [0.2, 0.25) is 0 Å². The highest BCUT2D eigenvalue weighted by atomic mass is 16.3. The van der Waals surface area contributed by atoms with Gasteiger partial charge in [0.15, 0.2) is 0 Å². The van der Waals surface area contributed by atoms with Crippen LogP contribution in [0.5, 0.6) is 0 Å². The fourth-order valence-electron chi connectivity index (χ4n) is 2.44. The summed E-state index contributed by atoms with van der Waals surface area (Å²) in [5, 5.41) is 10.3. The van der Waals surface area contributed by atoms with Gasteiger partial charge in [0.1, 0.15) is 0 Å². The normalized spacial score (nSPS) is 20.6. The molecule has 3 N–H and O–H groups in total. The van der Waals surface area contributed by atoms with E-state index in [0.29, 0.717) is 12.2 Å². The highest BCUT2D eigenvalue weighted by Gasteiger charge is 2.17. The van der Waals surface area contributed by atoms with Gasteiger partial charge in [0, 0.05) is 30.9 Å². The second kappa shape index (κ2) is 6.18. The molecule has 0 aromatic heterocycles. The third kappa shape index (κ3) is 3.45. The van der Waals surface area contributed by atoms with Gasteiger partial charge in [-0.15, -0.1) is 0 Å². The van der Waals surface area contributed by atoms with Crippen LogP contribution in [-0.4, -0.2) is 54.7 Å². The maximum atomic E-state index is 10.3. The largest absolute Gasteiger partial charge is 0.398 e. The Kier molecular flexibility index (Phi) is 4.58. The van der Waals surface area contributed by atoms with E-state index in [1.54, 1.807) is 0 Å². The second-order valence-electron chi connectivity index (χ2n) is 5.10. The molecule has 0 radical (unpaired) electrons. The molecule has 0 spiro atoms. The molecule has 1 aromatic carbocycles. The molecular weight excluding hydrogens is 226 g/mol. The molecule has 1 aliphatic heterocycles. The first-order valence-electron chi connectivity index (χ1n) is 6.60. The van der Waals surface area contributed by atoms with E-state index in [2.05, 4.69) is 16.8 Å². The van der Waals surface area contributed by atoms with Crippen molar-refractivity contribution in [3.05, 3.63) is 29.8 Å². The molecule has 1 aromatic rings. The van der Waals surface area contributed by atoms with Gasteiger partial charge in [-0.3, -0.25) is 4.90 Å². The van der Waals surface area contributed by atoms with E-state index in [1.165, 1.54) is 0 Å². The molecule has 1 saturated heterocycles. The number of nitrogens with two attached hydrogens (primary N) is 1. The Labute approximate surface area is 109 Å². The van der Waals surface area contributed by atoms with Crippen molar-refractivity contribution in [2.75, 3.05) is 45.5 Å². The van der Waals surface area contributed by atoms with E-state index < -0.39 is 6.10 Å². The van der Waals surface area contributed by atoms with Crippen LogP contribution in [-0.2, 0) is 0 Å². The summed E-state index contributed by atoms with van der Waals surface area (Å²) in [5.41, 5.74) is 7.41. The minimum absolute atomic E-state index is 0.491. The number of aliphatic hydroxyl groups excluding tert-OH is 1. The number of rotatable bonds is 3. The summed E-state index contributed by atoms with van der Waals surface area (Å²) < 4.78 is 0. The van der Waals surface area contributed by atoms with Crippen molar-refractivity contribution < 1.29 is 5.11 Å². The number of benzene rings is 1. The molecule has 2 rings (SSSR count). The van der Waals surface area contributed by atoms with Gasteiger partial charge in [0.25, 0.3) is 0 Å². The number of hydrogen-bond acceptors (Lipinski definition) is 4. The van der Waals surface area contributed by atoms with Crippen molar-refractivity contribution in [1.82, 2.24) is 9.80 Å². The van der Waals surface area contributed by atoms with Gasteiger partial charge in [-0.05, 0) is 32.6 Å². The zero-order valence-electron chi connectivity index (χ0n) is 11.0. The van der Waals surface area contributed by atoms with Crippen LogP contribution in [0.4, 0.5) is 5.69 Å². The Bertz CT molecular complexity index is 383. The molecule has 0 aliphatic carbocycles. The molecule has 1 fully saturated rings. The molecule has 18 heavy (non-hydrogen) atoms. The molecule has 0 saturated carbocycles. The molecule has 1 unspecified atom stereocenters. The molecule has 1 aliphatic rings. The third-order valence-corrected chi connectivity index (χ3v) is 3.60. The van der Waals surface area contributed by atoms with Gasteiger partial charge >= 0.3 is 0 Å². The number of β-amino-alcohol motifs (C(OH)–C–C–N with tert-alkyl or cyclic N) is 1. The van der Waals surface area contributed by atoms with Crippen LogP contribution >= 0.6 is 0 Å². The predicted octanol–water partition coefficient (Wildman–Crippen LogP) is 0.940. The van der Waals surface area contributed by atoms with E-state index in [4.69, 9.17) is 5.73 Å². The molecule has 4 heteroatoms. The third-order valence-electron chi connectivity index (χ3n) is 3.60. The molecular formula is C14H23N3O. The van der Waals surface area contributed by atoms with Gasteiger partial charge in [-0.2, -0.15) is 0 Å². The van der Waals surface area contributed by atoms with Crippen LogP contribution in [0, 0.1) is 0 Å².